The van der Waals surface area contributed by atoms with Gasteiger partial charge in [0, 0.05) is 24.6 Å². The van der Waals surface area contributed by atoms with E-state index in [1.54, 1.807) is 4.52 Å². The molecule has 2 aromatic heterocycles. The van der Waals surface area contributed by atoms with Gasteiger partial charge in [-0.1, -0.05) is 0 Å². The van der Waals surface area contributed by atoms with Crippen molar-refractivity contribution in [3.8, 4) is 0 Å². The Kier molecular flexibility index (Phi) is 4.50. The number of nitrogens with one attached hydrogen (secondary N) is 1. The van der Waals surface area contributed by atoms with Crippen LogP contribution in [0.25, 0.3) is 5.78 Å². The standard InChI is InChI=1S/C11H17N5O3S/c1-9-7-10(16-11(15-9)13-8-14-16)12-3-4-19-5-6-20(2,17)18/h7-8,12H,3-6H2,1-2H3. The van der Waals surface area contributed by atoms with Crippen LogP contribution in [0, 0.1) is 6.92 Å². The van der Waals surface area contributed by atoms with E-state index in [0.717, 1.165) is 11.5 Å². The lowest BCUT2D eigenvalue weighted by molar-refractivity contribution is 0.159. The van der Waals surface area contributed by atoms with Gasteiger partial charge in [0.1, 0.15) is 22.0 Å². The van der Waals surface area contributed by atoms with Gasteiger partial charge >= 0.3 is 0 Å². The SMILES string of the molecule is Cc1cc(NCCOCCS(C)(=O)=O)n2ncnc2n1. The van der Waals surface area contributed by atoms with E-state index < -0.39 is 9.84 Å². The van der Waals surface area contributed by atoms with E-state index in [4.69, 9.17) is 4.74 Å². The number of sulfone groups is 1. The normalized spacial score (nSPS) is 11.9. The van der Waals surface area contributed by atoms with E-state index in [0.29, 0.717) is 18.9 Å². The molecule has 0 aliphatic rings. The van der Waals surface area contributed by atoms with Crippen molar-refractivity contribution in [2.24, 2.45) is 0 Å². The molecule has 0 saturated carbocycles. The molecule has 0 atom stereocenters. The van der Waals surface area contributed by atoms with Crippen molar-refractivity contribution < 1.29 is 13.2 Å². The molecule has 0 fully saturated rings. The molecular weight excluding hydrogens is 282 g/mol. The summed E-state index contributed by atoms with van der Waals surface area (Å²) in [6, 6.07) is 1.86. The van der Waals surface area contributed by atoms with Gasteiger partial charge in [-0.25, -0.2) is 13.4 Å². The molecule has 1 N–H and O–H groups in total. The highest BCUT2D eigenvalue weighted by atomic mass is 32.2. The number of rotatable bonds is 7. The molecule has 0 bridgehead atoms. The number of aromatic nitrogens is 4. The number of anilines is 1. The maximum atomic E-state index is 10.9. The van der Waals surface area contributed by atoms with Crippen LogP contribution in [0.2, 0.25) is 0 Å². The molecule has 0 amide bonds. The topological polar surface area (TPSA) is 98.5 Å². The van der Waals surface area contributed by atoms with Crippen LogP contribution in [0.4, 0.5) is 5.82 Å². The third kappa shape index (κ3) is 4.14. The van der Waals surface area contributed by atoms with Gasteiger partial charge in [-0.3, -0.25) is 0 Å². The molecule has 0 saturated heterocycles. The van der Waals surface area contributed by atoms with E-state index in [1.165, 1.54) is 12.6 Å². The van der Waals surface area contributed by atoms with Crippen LogP contribution in [0.1, 0.15) is 5.69 Å². The van der Waals surface area contributed by atoms with E-state index >= 15 is 0 Å². The average molecular weight is 299 g/mol. The second-order valence-electron chi connectivity index (χ2n) is 4.42. The molecule has 110 valence electrons. The van der Waals surface area contributed by atoms with E-state index in [-0.39, 0.29) is 12.4 Å². The Balaban J connectivity index is 1.83. The van der Waals surface area contributed by atoms with Gasteiger partial charge in [0.05, 0.1) is 19.0 Å². The van der Waals surface area contributed by atoms with Crippen molar-refractivity contribution in [1.29, 1.82) is 0 Å². The lowest BCUT2D eigenvalue weighted by Gasteiger charge is -2.09. The van der Waals surface area contributed by atoms with Crippen LogP contribution in [-0.4, -0.2) is 59.8 Å². The summed E-state index contributed by atoms with van der Waals surface area (Å²) in [6.45, 7) is 3.03. The number of aryl methyl sites for hydroxylation is 1. The molecule has 0 radical (unpaired) electrons. The molecule has 2 rings (SSSR count). The van der Waals surface area contributed by atoms with Crippen molar-refractivity contribution in [3.05, 3.63) is 18.1 Å². The molecule has 2 aromatic rings. The molecule has 0 unspecified atom stereocenters. The van der Waals surface area contributed by atoms with Gasteiger partial charge in [-0.2, -0.15) is 14.6 Å². The maximum absolute atomic E-state index is 10.9. The van der Waals surface area contributed by atoms with Crippen molar-refractivity contribution in [2.75, 3.05) is 37.1 Å². The minimum Gasteiger partial charge on any atom is -0.379 e. The van der Waals surface area contributed by atoms with E-state index in [9.17, 15) is 8.42 Å². The van der Waals surface area contributed by atoms with Gasteiger partial charge in [-0.15, -0.1) is 0 Å². The van der Waals surface area contributed by atoms with Crippen LogP contribution in [-0.2, 0) is 14.6 Å². The fourth-order valence-electron chi connectivity index (χ4n) is 1.62. The first-order valence-electron chi connectivity index (χ1n) is 6.12. The summed E-state index contributed by atoms with van der Waals surface area (Å²) < 4.78 is 28.7. The third-order valence-corrected chi connectivity index (χ3v) is 3.44. The molecule has 0 aliphatic heterocycles. The fraction of sp³-hybridized carbons (Fsp3) is 0.545. The van der Waals surface area contributed by atoms with Gasteiger partial charge < -0.3 is 10.1 Å². The third-order valence-electron chi connectivity index (χ3n) is 2.53. The summed E-state index contributed by atoms with van der Waals surface area (Å²) in [5, 5.41) is 7.23. The van der Waals surface area contributed by atoms with Crippen molar-refractivity contribution in [3.63, 3.8) is 0 Å². The minimum absolute atomic E-state index is 0.0364. The van der Waals surface area contributed by atoms with Crippen molar-refractivity contribution >= 4 is 21.4 Å². The van der Waals surface area contributed by atoms with Crippen LogP contribution >= 0.6 is 0 Å². The maximum Gasteiger partial charge on any atom is 0.254 e. The molecule has 20 heavy (non-hydrogen) atoms. The van der Waals surface area contributed by atoms with Crippen LogP contribution in [0.15, 0.2) is 12.4 Å². The van der Waals surface area contributed by atoms with Crippen molar-refractivity contribution in [1.82, 2.24) is 19.6 Å². The Hall–Kier alpha value is -1.74. The van der Waals surface area contributed by atoms with Gasteiger partial charge in [-0.05, 0) is 6.92 Å². The van der Waals surface area contributed by atoms with Crippen LogP contribution < -0.4 is 5.32 Å². The molecule has 0 aliphatic carbocycles. The quantitative estimate of drug-likeness (QED) is 0.713. The Morgan fingerprint density at radius 3 is 2.95 bits per heavy atom. The second-order valence-corrected chi connectivity index (χ2v) is 6.68. The second kappa shape index (κ2) is 6.14. The fourth-order valence-corrected chi connectivity index (χ4v) is 2.04. The Bertz CT molecular complexity index is 682. The molecule has 0 aromatic carbocycles. The first kappa shape index (κ1) is 14.7. The predicted molar refractivity (Wildman–Crippen MR) is 74.5 cm³/mol. The summed E-state index contributed by atoms with van der Waals surface area (Å²) in [7, 11) is -2.97. The van der Waals surface area contributed by atoms with Gasteiger partial charge in [0.25, 0.3) is 5.78 Å². The highest BCUT2D eigenvalue weighted by Gasteiger charge is 2.05. The summed E-state index contributed by atoms with van der Waals surface area (Å²) in [6.07, 6.45) is 2.63. The highest BCUT2D eigenvalue weighted by Crippen LogP contribution is 2.09. The number of ether oxygens (including phenoxy) is 1. The monoisotopic (exact) mass is 299 g/mol. The number of hydrogen-bond acceptors (Lipinski definition) is 7. The van der Waals surface area contributed by atoms with Crippen LogP contribution in [0.5, 0.6) is 0 Å². The number of hydrogen-bond donors (Lipinski definition) is 1. The smallest absolute Gasteiger partial charge is 0.254 e. The Labute approximate surface area is 117 Å². The van der Waals surface area contributed by atoms with E-state index in [2.05, 4.69) is 20.4 Å². The zero-order chi connectivity index (χ0) is 14.6. The first-order chi connectivity index (χ1) is 9.46. The molecule has 2 heterocycles. The average Bonchev–Trinajstić information content (AvgIpc) is 2.79. The summed E-state index contributed by atoms with van der Waals surface area (Å²) in [4.78, 5) is 8.26. The van der Waals surface area contributed by atoms with Crippen molar-refractivity contribution in [2.45, 2.75) is 6.92 Å². The Morgan fingerprint density at radius 1 is 1.40 bits per heavy atom. The predicted octanol–water partition coefficient (Wildman–Crippen LogP) is -0.0942. The summed E-state index contributed by atoms with van der Waals surface area (Å²) in [5.74, 6) is 1.34. The molecule has 0 spiro atoms. The Morgan fingerprint density at radius 2 is 2.20 bits per heavy atom. The van der Waals surface area contributed by atoms with Gasteiger partial charge in [0.15, 0.2) is 0 Å². The summed E-state index contributed by atoms with van der Waals surface area (Å²) >= 11 is 0. The highest BCUT2D eigenvalue weighted by molar-refractivity contribution is 7.90. The zero-order valence-electron chi connectivity index (χ0n) is 11.4. The lowest BCUT2D eigenvalue weighted by atomic mass is 10.4. The number of nitrogens with zero attached hydrogens (tertiary/aromatic N) is 4. The molecular formula is C11H17N5O3S. The minimum atomic E-state index is -2.97. The zero-order valence-corrected chi connectivity index (χ0v) is 12.2. The van der Waals surface area contributed by atoms with E-state index in [1.807, 2.05) is 13.0 Å². The first-order valence-corrected chi connectivity index (χ1v) is 8.18. The van der Waals surface area contributed by atoms with Gasteiger partial charge in [0.2, 0.25) is 0 Å². The molecule has 8 nitrogen and oxygen atoms in total. The lowest BCUT2D eigenvalue weighted by Crippen LogP contribution is -2.16. The van der Waals surface area contributed by atoms with Crippen LogP contribution in [0.3, 0.4) is 0 Å². The molecule has 9 heteroatoms. The number of fused-ring (bicyclic) bond motifs is 1. The summed E-state index contributed by atoms with van der Waals surface area (Å²) in [5.41, 5.74) is 0.839. The largest absolute Gasteiger partial charge is 0.379 e.